The molecule has 0 radical (unpaired) electrons. The van der Waals surface area contributed by atoms with Gasteiger partial charge in [-0.3, -0.25) is 4.90 Å². The second-order valence-corrected chi connectivity index (χ2v) is 10.7. The molecule has 1 aliphatic carbocycles. The van der Waals surface area contributed by atoms with Gasteiger partial charge < -0.3 is 9.30 Å². The van der Waals surface area contributed by atoms with Crippen molar-refractivity contribution >= 4 is 22.8 Å². The van der Waals surface area contributed by atoms with Gasteiger partial charge in [-0.05, 0) is 62.1 Å². The fourth-order valence-electron chi connectivity index (χ4n) is 6.42. The van der Waals surface area contributed by atoms with Crippen LogP contribution in [-0.4, -0.2) is 28.8 Å². The molecule has 2 aliphatic rings. The van der Waals surface area contributed by atoms with Crippen LogP contribution in [0.4, 0.5) is 10.5 Å². The predicted molar refractivity (Wildman–Crippen MR) is 142 cm³/mol. The van der Waals surface area contributed by atoms with E-state index in [1.165, 1.54) is 55.9 Å². The molecule has 1 unspecified atom stereocenters. The smallest absolute Gasteiger partial charge is 0.414 e. The lowest BCUT2D eigenvalue weighted by atomic mass is 9.77. The Balaban J connectivity index is 1.63. The second kappa shape index (κ2) is 10.0. The van der Waals surface area contributed by atoms with Crippen LogP contribution in [0.2, 0.25) is 0 Å². The number of ether oxygens (including phenoxy) is 1. The van der Waals surface area contributed by atoms with E-state index < -0.39 is 0 Å². The number of amides is 1. The number of methoxy groups -OCH3 is 1. The molecule has 35 heavy (non-hydrogen) atoms. The zero-order valence-corrected chi connectivity index (χ0v) is 21.7. The molecule has 0 N–H and O–H groups in total. The number of nitrogens with zero attached hydrogens (tertiary/aromatic N) is 3. The van der Waals surface area contributed by atoms with E-state index in [9.17, 15) is 4.79 Å². The summed E-state index contributed by atoms with van der Waals surface area (Å²) in [5.74, 6) is 2.68. The van der Waals surface area contributed by atoms with Gasteiger partial charge in [-0.1, -0.05) is 63.4 Å². The van der Waals surface area contributed by atoms with Gasteiger partial charge >= 0.3 is 6.09 Å². The molecule has 0 bridgehead atoms. The van der Waals surface area contributed by atoms with Crippen molar-refractivity contribution in [2.45, 2.75) is 84.2 Å². The summed E-state index contributed by atoms with van der Waals surface area (Å²) in [5.41, 5.74) is 5.73. The Morgan fingerprint density at radius 1 is 1.14 bits per heavy atom. The number of fused-ring (bicyclic) bond motifs is 3. The highest BCUT2D eigenvalue weighted by Crippen LogP contribution is 2.42. The van der Waals surface area contributed by atoms with Crippen LogP contribution in [0.25, 0.3) is 11.0 Å². The van der Waals surface area contributed by atoms with Crippen LogP contribution in [0.5, 0.6) is 0 Å². The van der Waals surface area contributed by atoms with Crippen LogP contribution in [0.3, 0.4) is 0 Å². The van der Waals surface area contributed by atoms with Gasteiger partial charge in [-0.2, -0.15) is 0 Å². The van der Waals surface area contributed by atoms with Crippen molar-refractivity contribution in [1.82, 2.24) is 9.55 Å². The van der Waals surface area contributed by atoms with E-state index in [1.54, 1.807) is 0 Å². The summed E-state index contributed by atoms with van der Waals surface area (Å²) in [7, 11) is 1.46. The minimum Gasteiger partial charge on any atom is -0.452 e. The summed E-state index contributed by atoms with van der Waals surface area (Å²) in [6.07, 6.45) is 8.69. The quantitative estimate of drug-likeness (QED) is 0.390. The van der Waals surface area contributed by atoms with Crippen LogP contribution in [0.15, 0.2) is 42.5 Å². The molecular formula is C30H39N3O2. The lowest BCUT2D eigenvalue weighted by Gasteiger charge is -2.35. The lowest BCUT2D eigenvalue weighted by Crippen LogP contribution is -2.42. The number of imidazole rings is 1. The molecule has 2 heterocycles. The summed E-state index contributed by atoms with van der Waals surface area (Å²) < 4.78 is 7.71. The number of benzene rings is 2. The van der Waals surface area contributed by atoms with Gasteiger partial charge in [0.25, 0.3) is 0 Å². The van der Waals surface area contributed by atoms with Crippen LogP contribution >= 0.6 is 0 Å². The van der Waals surface area contributed by atoms with Gasteiger partial charge in [0.1, 0.15) is 5.82 Å². The zero-order chi connectivity index (χ0) is 24.5. The summed E-state index contributed by atoms with van der Waals surface area (Å²) >= 11 is 0. The highest BCUT2D eigenvalue weighted by Gasteiger charge is 2.33. The van der Waals surface area contributed by atoms with Crippen LogP contribution in [-0.2, 0) is 17.6 Å². The van der Waals surface area contributed by atoms with Gasteiger partial charge in [-0.25, -0.2) is 9.78 Å². The first kappa shape index (κ1) is 23.9. The highest BCUT2D eigenvalue weighted by molar-refractivity contribution is 5.95. The Morgan fingerprint density at radius 2 is 1.94 bits per heavy atom. The third-order valence-electron chi connectivity index (χ3n) is 8.60. The van der Waals surface area contributed by atoms with E-state index in [0.29, 0.717) is 6.04 Å². The fourth-order valence-corrected chi connectivity index (χ4v) is 6.42. The third kappa shape index (κ3) is 4.46. The predicted octanol–water partition coefficient (Wildman–Crippen LogP) is 7.31. The Kier molecular flexibility index (Phi) is 6.86. The maximum absolute atomic E-state index is 12.6. The summed E-state index contributed by atoms with van der Waals surface area (Å²) in [6, 6.07) is 15.6. The first-order valence-electron chi connectivity index (χ1n) is 13.5. The van der Waals surface area contributed by atoms with Crippen LogP contribution < -0.4 is 4.90 Å². The lowest BCUT2D eigenvalue weighted by molar-refractivity contribution is 0.175. The largest absolute Gasteiger partial charge is 0.452 e. The molecule has 5 nitrogen and oxygen atoms in total. The SMILES string of the molecule is CCC(C)[C@@H]1CCC[C@@H](n2c(Cc3ccccc3)nc3c4c(ccc32)N(C(=O)OC)[C@@H](C)CC4)C1. The Bertz CT molecular complexity index is 1190. The maximum atomic E-state index is 12.6. The van der Waals surface area contributed by atoms with Gasteiger partial charge in [0.15, 0.2) is 0 Å². The van der Waals surface area contributed by atoms with E-state index >= 15 is 0 Å². The number of rotatable bonds is 5. The fraction of sp³-hybridized carbons (Fsp3) is 0.533. The number of aryl methyl sites for hydroxylation is 1. The topological polar surface area (TPSA) is 47.4 Å². The standard InChI is InChI=1S/C30H39N3O2/c1-5-20(2)23-12-9-13-24(19-23)33-27-17-16-26-25(15-14-21(3)32(26)30(34)35-4)29(27)31-28(33)18-22-10-7-6-8-11-22/h6-8,10-11,16-17,20-21,23-24H,5,9,12-15,18-19H2,1-4H3/t20?,21-,23+,24+/m0/s1. The van der Waals surface area contributed by atoms with Crippen molar-refractivity contribution in [1.29, 1.82) is 0 Å². The molecule has 5 heteroatoms. The molecule has 3 aromatic rings. The normalized spacial score (nSPS) is 23.2. The minimum atomic E-state index is -0.287. The summed E-state index contributed by atoms with van der Waals surface area (Å²) in [4.78, 5) is 19.8. The van der Waals surface area contributed by atoms with Crippen molar-refractivity contribution in [3.05, 3.63) is 59.4 Å². The molecule has 2 aromatic carbocycles. The molecule has 1 aromatic heterocycles. The molecule has 1 amide bonds. The summed E-state index contributed by atoms with van der Waals surface area (Å²) in [6.45, 7) is 6.84. The Morgan fingerprint density at radius 3 is 2.69 bits per heavy atom. The van der Waals surface area contributed by atoms with E-state index in [1.807, 2.05) is 4.90 Å². The molecule has 0 spiro atoms. The zero-order valence-electron chi connectivity index (χ0n) is 21.7. The van der Waals surface area contributed by atoms with Crippen molar-refractivity contribution in [3.63, 3.8) is 0 Å². The molecule has 186 valence electrons. The first-order valence-corrected chi connectivity index (χ1v) is 13.5. The number of carbonyl (C=O) groups is 1. The molecule has 1 fully saturated rings. The number of carbonyl (C=O) groups excluding carboxylic acids is 1. The van der Waals surface area contributed by atoms with Gasteiger partial charge in [0.05, 0.1) is 23.8 Å². The first-order chi connectivity index (χ1) is 17.0. The number of anilines is 1. The van der Waals surface area contributed by atoms with Crippen LogP contribution in [0, 0.1) is 11.8 Å². The molecule has 5 rings (SSSR count). The average molecular weight is 474 g/mol. The van der Waals surface area contributed by atoms with E-state index in [4.69, 9.17) is 9.72 Å². The van der Waals surface area contributed by atoms with E-state index in [2.05, 4.69) is 67.8 Å². The van der Waals surface area contributed by atoms with Gasteiger partial charge in [0, 0.05) is 24.1 Å². The molecule has 4 atom stereocenters. The average Bonchev–Trinajstić information content (AvgIpc) is 3.26. The third-order valence-corrected chi connectivity index (χ3v) is 8.60. The molecule has 1 aliphatic heterocycles. The highest BCUT2D eigenvalue weighted by atomic mass is 16.5. The van der Waals surface area contributed by atoms with Crippen molar-refractivity contribution < 1.29 is 9.53 Å². The maximum Gasteiger partial charge on any atom is 0.414 e. The Hall–Kier alpha value is -2.82. The van der Waals surface area contributed by atoms with Crippen molar-refractivity contribution in [3.8, 4) is 0 Å². The van der Waals surface area contributed by atoms with Crippen LogP contribution in [0.1, 0.15) is 82.3 Å². The summed E-state index contributed by atoms with van der Waals surface area (Å²) in [5, 5.41) is 0. The molecular weight excluding hydrogens is 434 g/mol. The second-order valence-electron chi connectivity index (χ2n) is 10.7. The van der Waals surface area contributed by atoms with Crippen molar-refractivity contribution in [2.24, 2.45) is 11.8 Å². The van der Waals surface area contributed by atoms with Gasteiger partial charge in [0.2, 0.25) is 0 Å². The monoisotopic (exact) mass is 473 g/mol. The number of aromatic nitrogens is 2. The van der Waals surface area contributed by atoms with E-state index in [0.717, 1.165) is 48.1 Å². The van der Waals surface area contributed by atoms with Gasteiger partial charge in [-0.15, -0.1) is 0 Å². The molecule has 1 saturated carbocycles. The molecule has 0 saturated heterocycles. The van der Waals surface area contributed by atoms with Crippen molar-refractivity contribution in [2.75, 3.05) is 12.0 Å². The number of hydrogen-bond donors (Lipinski definition) is 0. The number of hydrogen-bond acceptors (Lipinski definition) is 3. The van der Waals surface area contributed by atoms with E-state index in [-0.39, 0.29) is 12.1 Å². The Labute approximate surface area is 209 Å². The minimum absolute atomic E-state index is 0.118.